The third kappa shape index (κ3) is 2.46. The fourth-order valence-corrected chi connectivity index (χ4v) is 1.53. The maximum Gasteiger partial charge on any atom is 0.350 e. The Labute approximate surface area is 100 Å². The molecule has 5 heteroatoms. The highest BCUT2D eigenvalue weighted by atomic mass is 16.9. The van der Waals surface area contributed by atoms with Crippen molar-refractivity contribution in [2.45, 2.75) is 5.97 Å². The highest BCUT2D eigenvalue weighted by molar-refractivity contribution is 6.02. The number of methoxy groups -OCH3 is 4. The summed E-state index contributed by atoms with van der Waals surface area (Å²) in [6, 6.07) is 6.79. The quantitative estimate of drug-likeness (QED) is 0.556. The molecule has 17 heavy (non-hydrogen) atoms. The minimum absolute atomic E-state index is 0.334. The second-order valence-corrected chi connectivity index (χ2v) is 3.20. The molecule has 0 aliphatic heterocycles. The van der Waals surface area contributed by atoms with Crippen LogP contribution in [-0.2, 0) is 14.2 Å². The van der Waals surface area contributed by atoms with Gasteiger partial charge < -0.3 is 18.9 Å². The van der Waals surface area contributed by atoms with Crippen molar-refractivity contribution in [1.29, 1.82) is 0 Å². The third-order valence-corrected chi connectivity index (χ3v) is 2.44. The predicted molar refractivity (Wildman–Crippen MR) is 61.1 cm³/mol. The summed E-state index contributed by atoms with van der Waals surface area (Å²) < 4.78 is 20.1. The van der Waals surface area contributed by atoms with E-state index in [1.807, 2.05) is 0 Å². The van der Waals surface area contributed by atoms with E-state index < -0.39 is 11.8 Å². The fraction of sp³-hybridized carbons (Fsp3) is 0.417. The first-order chi connectivity index (χ1) is 8.15. The highest BCUT2D eigenvalue weighted by Crippen LogP contribution is 2.25. The van der Waals surface area contributed by atoms with Crippen molar-refractivity contribution in [1.82, 2.24) is 0 Å². The normalized spacial score (nSPS) is 11.3. The molecule has 0 saturated carbocycles. The van der Waals surface area contributed by atoms with Gasteiger partial charge in [-0.1, -0.05) is 12.1 Å². The van der Waals surface area contributed by atoms with Crippen LogP contribution in [0.25, 0.3) is 0 Å². The maximum absolute atomic E-state index is 12.3. The van der Waals surface area contributed by atoms with Gasteiger partial charge in [0.1, 0.15) is 5.75 Å². The molecule has 0 amide bonds. The van der Waals surface area contributed by atoms with E-state index in [0.717, 1.165) is 0 Å². The van der Waals surface area contributed by atoms with Crippen LogP contribution in [0.4, 0.5) is 0 Å². The van der Waals surface area contributed by atoms with Gasteiger partial charge >= 0.3 is 5.97 Å². The summed E-state index contributed by atoms with van der Waals surface area (Å²) in [6.07, 6.45) is 0. The van der Waals surface area contributed by atoms with Crippen molar-refractivity contribution in [3.8, 4) is 5.75 Å². The molecule has 0 heterocycles. The zero-order valence-electron chi connectivity index (χ0n) is 10.4. The number of hydrogen-bond donors (Lipinski definition) is 0. The number of hydrogen-bond acceptors (Lipinski definition) is 5. The molecule has 0 unspecified atom stereocenters. The molecule has 0 aliphatic rings. The van der Waals surface area contributed by atoms with Gasteiger partial charge in [-0.3, -0.25) is 4.79 Å². The van der Waals surface area contributed by atoms with Gasteiger partial charge in [0.15, 0.2) is 0 Å². The van der Waals surface area contributed by atoms with Crippen LogP contribution in [0.15, 0.2) is 24.3 Å². The molecule has 0 radical (unpaired) electrons. The zero-order valence-corrected chi connectivity index (χ0v) is 10.4. The lowest BCUT2D eigenvalue weighted by molar-refractivity contribution is -0.312. The minimum atomic E-state index is -1.74. The zero-order chi connectivity index (χ0) is 12.9. The van der Waals surface area contributed by atoms with Crippen LogP contribution >= 0.6 is 0 Å². The van der Waals surface area contributed by atoms with Crippen LogP contribution in [0.3, 0.4) is 0 Å². The Balaban J connectivity index is 3.18. The van der Waals surface area contributed by atoms with Crippen LogP contribution < -0.4 is 4.74 Å². The Morgan fingerprint density at radius 3 is 2.00 bits per heavy atom. The molecular weight excluding hydrogens is 224 g/mol. The van der Waals surface area contributed by atoms with Crippen molar-refractivity contribution in [2.24, 2.45) is 0 Å². The number of carbonyl (C=O) groups excluding carboxylic acids is 1. The first kappa shape index (κ1) is 13.6. The molecule has 0 spiro atoms. The van der Waals surface area contributed by atoms with E-state index in [4.69, 9.17) is 18.9 Å². The minimum Gasteiger partial charge on any atom is -0.496 e. The average molecular weight is 240 g/mol. The first-order valence-electron chi connectivity index (χ1n) is 4.98. The SMILES string of the molecule is COc1ccccc1C(=O)C(OC)(OC)OC. The maximum atomic E-state index is 12.3. The number of carbonyl (C=O) groups is 1. The molecule has 1 rings (SSSR count). The summed E-state index contributed by atoms with van der Waals surface area (Å²) in [5.41, 5.74) is 0.334. The summed E-state index contributed by atoms with van der Waals surface area (Å²) in [5, 5.41) is 0. The third-order valence-electron chi connectivity index (χ3n) is 2.44. The molecule has 94 valence electrons. The van der Waals surface area contributed by atoms with Gasteiger partial charge in [-0.25, -0.2) is 0 Å². The van der Waals surface area contributed by atoms with Crippen LogP contribution in [0.1, 0.15) is 10.4 Å². The van der Waals surface area contributed by atoms with Crippen LogP contribution in [0, 0.1) is 0 Å². The Kier molecular flexibility index (Phi) is 4.62. The summed E-state index contributed by atoms with van der Waals surface area (Å²) in [6.45, 7) is 0. The monoisotopic (exact) mass is 240 g/mol. The molecule has 0 atom stereocenters. The number of benzene rings is 1. The molecule has 0 saturated heterocycles. The summed E-state index contributed by atoms with van der Waals surface area (Å²) >= 11 is 0. The molecule has 0 N–H and O–H groups in total. The Bertz CT molecular complexity index is 376. The summed E-state index contributed by atoms with van der Waals surface area (Å²) in [7, 11) is 5.49. The molecule has 1 aromatic carbocycles. The Morgan fingerprint density at radius 2 is 1.53 bits per heavy atom. The fourth-order valence-electron chi connectivity index (χ4n) is 1.53. The van der Waals surface area contributed by atoms with Gasteiger partial charge in [0.05, 0.1) is 12.7 Å². The highest BCUT2D eigenvalue weighted by Gasteiger charge is 2.41. The lowest BCUT2D eigenvalue weighted by Crippen LogP contribution is -2.44. The van der Waals surface area contributed by atoms with Gasteiger partial charge in [0, 0.05) is 21.3 Å². The van der Waals surface area contributed by atoms with E-state index in [1.165, 1.54) is 28.4 Å². The molecule has 0 aromatic heterocycles. The second-order valence-electron chi connectivity index (χ2n) is 3.20. The Hall–Kier alpha value is -1.43. The second kappa shape index (κ2) is 5.77. The van der Waals surface area contributed by atoms with E-state index in [1.54, 1.807) is 24.3 Å². The van der Waals surface area contributed by atoms with E-state index in [0.29, 0.717) is 11.3 Å². The van der Waals surface area contributed by atoms with Gasteiger partial charge in [0.25, 0.3) is 5.78 Å². The number of ketones is 1. The lowest BCUT2D eigenvalue weighted by atomic mass is 10.1. The lowest BCUT2D eigenvalue weighted by Gasteiger charge is -2.27. The molecule has 0 fully saturated rings. The predicted octanol–water partition coefficient (Wildman–Crippen LogP) is 1.47. The largest absolute Gasteiger partial charge is 0.496 e. The van der Waals surface area contributed by atoms with Crippen molar-refractivity contribution in [3.05, 3.63) is 29.8 Å². The molecule has 0 bridgehead atoms. The van der Waals surface area contributed by atoms with E-state index in [-0.39, 0.29) is 0 Å². The number of para-hydroxylation sites is 1. The van der Waals surface area contributed by atoms with Gasteiger partial charge in [-0.15, -0.1) is 0 Å². The van der Waals surface area contributed by atoms with Crippen LogP contribution in [0.5, 0.6) is 5.75 Å². The van der Waals surface area contributed by atoms with E-state index in [9.17, 15) is 4.79 Å². The van der Waals surface area contributed by atoms with Crippen LogP contribution in [0.2, 0.25) is 0 Å². The number of rotatable bonds is 6. The number of ether oxygens (including phenoxy) is 4. The average Bonchev–Trinajstić information content (AvgIpc) is 2.41. The summed E-state index contributed by atoms with van der Waals surface area (Å²) in [5.74, 6) is -1.76. The number of Topliss-reactive ketones (excluding diaryl/α,β-unsaturated/α-hetero) is 1. The van der Waals surface area contributed by atoms with Crippen molar-refractivity contribution < 1.29 is 23.7 Å². The van der Waals surface area contributed by atoms with Crippen LogP contribution in [-0.4, -0.2) is 40.2 Å². The van der Waals surface area contributed by atoms with Gasteiger partial charge in [-0.2, -0.15) is 0 Å². The smallest absolute Gasteiger partial charge is 0.350 e. The molecule has 5 nitrogen and oxygen atoms in total. The summed E-state index contributed by atoms with van der Waals surface area (Å²) in [4.78, 5) is 12.3. The van der Waals surface area contributed by atoms with Gasteiger partial charge in [-0.05, 0) is 12.1 Å². The first-order valence-corrected chi connectivity index (χ1v) is 4.98. The van der Waals surface area contributed by atoms with Crippen molar-refractivity contribution in [3.63, 3.8) is 0 Å². The van der Waals surface area contributed by atoms with E-state index >= 15 is 0 Å². The van der Waals surface area contributed by atoms with Gasteiger partial charge in [0.2, 0.25) is 0 Å². The molecule has 0 aliphatic carbocycles. The van der Waals surface area contributed by atoms with Crippen molar-refractivity contribution in [2.75, 3.05) is 28.4 Å². The Morgan fingerprint density at radius 1 is 1.00 bits per heavy atom. The van der Waals surface area contributed by atoms with E-state index in [2.05, 4.69) is 0 Å². The molecular formula is C12H16O5. The standard InChI is InChI=1S/C12H16O5/c1-14-10-8-6-5-7-9(10)11(13)12(15-2,16-3)17-4/h5-8H,1-4H3. The van der Waals surface area contributed by atoms with Crippen molar-refractivity contribution >= 4 is 5.78 Å². The topological polar surface area (TPSA) is 54.0 Å². The molecule has 1 aromatic rings.